The molecule has 0 atom stereocenters. The number of nitrogens with zero attached hydrogens (tertiary/aromatic N) is 1. The van der Waals surface area contributed by atoms with Gasteiger partial charge in [-0.1, -0.05) is 6.07 Å². The Morgan fingerprint density at radius 3 is 2.70 bits per heavy atom. The van der Waals surface area contributed by atoms with Gasteiger partial charge in [-0.3, -0.25) is 0 Å². The Bertz CT molecular complexity index is 643. The molecule has 0 radical (unpaired) electrons. The van der Waals surface area contributed by atoms with E-state index >= 15 is 0 Å². The first-order chi connectivity index (χ1) is 9.44. The number of hydrogen-bond acceptors (Lipinski definition) is 4. The minimum Gasteiger partial charge on any atom is -0.377 e. The summed E-state index contributed by atoms with van der Waals surface area (Å²) in [5, 5.41) is 8.89. The van der Waals surface area contributed by atoms with E-state index in [9.17, 15) is 12.8 Å². The van der Waals surface area contributed by atoms with Crippen LogP contribution in [0.25, 0.3) is 0 Å². The summed E-state index contributed by atoms with van der Waals surface area (Å²) in [4.78, 5) is -0.342. The molecule has 7 heteroatoms. The maximum absolute atomic E-state index is 13.5. The molecule has 1 aliphatic carbocycles. The minimum absolute atomic E-state index is 0.118. The van der Waals surface area contributed by atoms with Crippen LogP contribution in [0.5, 0.6) is 0 Å². The second-order valence-electron chi connectivity index (χ2n) is 4.79. The predicted octanol–water partition coefficient (Wildman–Crippen LogP) is 1.54. The average Bonchev–Trinajstić information content (AvgIpc) is 2.37. The molecule has 0 amide bonds. The van der Waals surface area contributed by atoms with E-state index in [0.717, 1.165) is 25.3 Å². The highest BCUT2D eigenvalue weighted by Gasteiger charge is 2.38. The van der Waals surface area contributed by atoms with Crippen molar-refractivity contribution in [3.05, 3.63) is 29.6 Å². The number of sulfonamides is 1. The molecule has 1 aromatic rings. The number of ether oxygens (including phenoxy) is 1. The average molecular weight is 298 g/mol. The van der Waals surface area contributed by atoms with Crippen LogP contribution in [-0.4, -0.2) is 27.7 Å². The molecule has 108 valence electrons. The van der Waals surface area contributed by atoms with E-state index < -0.39 is 27.0 Å². The Labute approximate surface area is 117 Å². The van der Waals surface area contributed by atoms with Gasteiger partial charge in [0.15, 0.2) is 0 Å². The third-order valence-electron chi connectivity index (χ3n) is 3.66. The fourth-order valence-corrected chi connectivity index (χ4v) is 3.44. The molecule has 0 spiro atoms. The Morgan fingerprint density at radius 2 is 2.20 bits per heavy atom. The van der Waals surface area contributed by atoms with Crippen molar-refractivity contribution in [3.8, 4) is 6.07 Å². The molecular formula is C13H15FN2O3S. The van der Waals surface area contributed by atoms with Crippen LogP contribution in [-0.2, 0) is 14.8 Å². The summed E-state index contributed by atoms with van der Waals surface area (Å²) in [6, 6.07) is 5.12. The Morgan fingerprint density at radius 1 is 1.50 bits per heavy atom. The molecule has 2 rings (SSSR count). The van der Waals surface area contributed by atoms with Crippen molar-refractivity contribution in [3.63, 3.8) is 0 Å². The van der Waals surface area contributed by atoms with Gasteiger partial charge in [-0.05, 0) is 31.4 Å². The van der Waals surface area contributed by atoms with E-state index in [-0.39, 0.29) is 11.4 Å². The van der Waals surface area contributed by atoms with Crippen molar-refractivity contribution in [2.75, 3.05) is 13.7 Å². The van der Waals surface area contributed by atoms with E-state index in [4.69, 9.17) is 10.00 Å². The first-order valence-corrected chi connectivity index (χ1v) is 7.66. The second-order valence-corrected chi connectivity index (χ2v) is 6.53. The lowest BCUT2D eigenvalue weighted by Crippen LogP contribution is -2.49. The number of methoxy groups -OCH3 is 1. The molecule has 5 nitrogen and oxygen atoms in total. The third kappa shape index (κ3) is 2.68. The molecule has 1 fully saturated rings. The van der Waals surface area contributed by atoms with E-state index in [0.29, 0.717) is 0 Å². The number of halogens is 1. The summed E-state index contributed by atoms with van der Waals surface area (Å²) in [6.45, 7) is 0.118. The maximum atomic E-state index is 13.5. The van der Waals surface area contributed by atoms with Crippen molar-refractivity contribution in [1.82, 2.24) is 4.72 Å². The fourth-order valence-electron chi connectivity index (χ4n) is 2.17. The summed E-state index contributed by atoms with van der Waals surface area (Å²) < 4.78 is 45.5. The zero-order chi connectivity index (χ0) is 14.8. The van der Waals surface area contributed by atoms with Gasteiger partial charge in [0.05, 0.1) is 5.60 Å². The Balaban J connectivity index is 2.23. The molecule has 0 heterocycles. The van der Waals surface area contributed by atoms with Crippen LogP contribution in [0.15, 0.2) is 23.1 Å². The summed E-state index contributed by atoms with van der Waals surface area (Å²) >= 11 is 0. The number of nitrogens with one attached hydrogen (secondary N) is 1. The first kappa shape index (κ1) is 14.9. The van der Waals surface area contributed by atoms with Gasteiger partial charge in [-0.25, -0.2) is 17.5 Å². The standard InChI is InChI=1S/C13H15FN2O3S/c1-19-13(6-3-7-13)9-16-20(17,18)12-5-2-4-11(14)10(12)8-15/h2,4-5,16H,3,6-7,9H2,1H3. The molecule has 1 N–H and O–H groups in total. The molecule has 0 saturated heterocycles. The van der Waals surface area contributed by atoms with Crippen molar-refractivity contribution >= 4 is 10.0 Å². The van der Waals surface area contributed by atoms with Gasteiger partial charge in [0.1, 0.15) is 22.3 Å². The molecule has 1 aromatic carbocycles. The zero-order valence-electron chi connectivity index (χ0n) is 11.0. The highest BCUT2D eigenvalue weighted by atomic mass is 32.2. The number of nitriles is 1. The maximum Gasteiger partial charge on any atom is 0.242 e. The van der Waals surface area contributed by atoms with Gasteiger partial charge < -0.3 is 4.74 Å². The van der Waals surface area contributed by atoms with Gasteiger partial charge in [-0.15, -0.1) is 0 Å². The normalized spacial score (nSPS) is 17.2. The molecule has 0 unspecified atom stereocenters. The van der Waals surface area contributed by atoms with E-state index in [2.05, 4.69) is 4.72 Å². The topological polar surface area (TPSA) is 79.2 Å². The van der Waals surface area contributed by atoms with E-state index in [1.165, 1.54) is 19.2 Å². The molecule has 0 bridgehead atoms. The predicted molar refractivity (Wildman–Crippen MR) is 69.9 cm³/mol. The lowest BCUT2D eigenvalue weighted by atomic mass is 9.80. The van der Waals surface area contributed by atoms with Crippen LogP contribution < -0.4 is 4.72 Å². The minimum atomic E-state index is -3.94. The first-order valence-electron chi connectivity index (χ1n) is 6.17. The van der Waals surface area contributed by atoms with Crippen LogP contribution in [0.2, 0.25) is 0 Å². The Kier molecular flexibility index (Phi) is 4.09. The molecule has 0 aromatic heterocycles. The molecule has 1 saturated carbocycles. The van der Waals surface area contributed by atoms with Gasteiger partial charge in [0.2, 0.25) is 10.0 Å². The van der Waals surface area contributed by atoms with Gasteiger partial charge in [0, 0.05) is 13.7 Å². The van der Waals surface area contributed by atoms with Crippen LogP contribution in [0, 0.1) is 17.1 Å². The molecular weight excluding hydrogens is 283 g/mol. The van der Waals surface area contributed by atoms with Crippen LogP contribution in [0.4, 0.5) is 4.39 Å². The molecule has 20 heavy (non-hydrogen) atoms. The summed E-state index contributed by atoms with van der Waals surface area (Å²) in [5.41, 5.74) is -0.951. The van der Waals surface area contributed by atoms with Crippen LogP contribution in [0.1, 0.15) is 24.8 Å². The summed E-state index contributed by atoms with van der Waals surface area (Å²) in [5.74, 6) is -0.847. The lowest BCUT2D eigenvalue weighted by molar-refractivity contribution is -0.0659. The summed E-state index contributed by atoms with van der Waals surface area (Å²) in [7, 11) is -2.40. The number of hydrogen-bond donors (Lipinski definition) is 1. The van der Waals surface area contributed by atoms with Crippen LogP contribution in [0.3, 0.4) is 0 Å². The van der Waals surface area contributed by atoms with Gasteiger partial charge >= 0.3 is 0 Å². The SMILES string of the molecule is COC1(CNS(=O)(=O)c2cccc(F)c2C#N)CCC1. The lowest BCUT2D eigenvalue weighted by Gasteiger charge is -2.40. The van der Waals surface area contributed by atoms with Crippen molar-refractivity contribution < 1.29 is 17.5 Å². The van der Waals surface area contributed by atoms with Crippen molar-refractivity contribution in [2.45, 2.75) is 29.8 Å². The Hall–Kier alpha value is -1.49. The summed E-state index contributed by atoms with van der Waals surface area (Å²) in [6.07, 6.45) is 2.54. The second kappa shape index (κ2) is 5.48. The van der Waals surface area contributed by atoms with E-state index in [1.54, 1.807) is 6.07 Å². The smallest absolute Gasteiger partial charge is 0.242 e. The van der Waals surface area contributed by atoms with Crippen LogP contribution >= 0.6 is 0 Å². The number of rotatable bonds is 5. The van der Waals surface area contributed by atoms with Crippen molar-refractivity contribution in [1.29, 1.82) is 5.26 Å². The van der Waals surface area contributed by atoms with Gasteiger partial charge in [-0.2, -0.15) is 5.26 Å². The monoisotopic (exact) mass is 298 g/mol. The zero-order valence-corrected chi connectivity index (χ0v) is 11.8. The molecule has 0 aliphatic heterocycles. The third-order valence-corrected chi connectivity index (χ3v) is 5.10. The van der Waals surface area contributed by atoms with E-state index in [1.807, 2.05) is 0 Å². The molecule has 1 aliphatic rings. The fraction of sp³-hybridized carbons (Fsp3) is 0.462. The highest BCUT2D eigenvalue weighted by Crippen LogP contribution is 2.34. The quantitative estimate of drug-likeness (QED) is 0.894. The largest absolute Gasteiger partial charge is 0.377 e. The highest BCUT2D eigenvalue weighted by molar-refractivity contribution is 7.89. The van der Waals surface area contributed by atoms with Crippen molar-refractivity contribution in [2.24, 2.45) is 0 Å². The number of benzene rings is 1. The van der Waals surface area contributed by atoms with Gasteiger partial charge in [0.25, 0.3) is 0 Å².